The lowest BCUT2D eigenvalue weighted by molar-refractivity contribution is -0.129. The van der Waals surface area contributed by atoms with Crippen molar-refractivity contribution in [2.75, 3.05) is 0 Å². The third-order valence-electron chi connectivity index (χ3n) is 2.48. The Kier molecular flexibility index (Phi) is 3.99. The summed E-state index contributed by atoms with van der Waals surface area (Å²) in [6.45, 7) is 1.80. The number of rotatable bonds is 5. The predicted molar refractivity (Wildman–Crippen MR) is 68.6 cm³/mol. The number of imidazole rings is 1. The third kappa shape index (κ3) is 2.90. The van der Waals surface area contributed by atoms with E-state index < -0.39 is 6.23 Å². The van der Waals surface area contributed by atoms with E-state index in [4.69, 9.17) is 16.3 Å². The van der Waals surface area contributed by atoms with Crippen LogP contribution in [-0.2, 0) is 4.79 Å². The van der Waals surface area contributed by atoms with Crippen LogP contribution >= 0.6 is 11.6 Å². The number of benzene rings is 1. The molecule has 0 bridgehead atoms. The summed E-state index contributed by atoms with van der Waals surface area (Å²) in [6.07, 6.45) is 4.60. The fraction of sp³-hybridized carbons (Fsp3) is 0.231. The van der Waals surface area contributed by atoms with Crippen molar-refractivity contribution in [2.24, 2.45) is 0 Å². The van der Waals surface area contributed by atoms with E-state index in [1.54, 1.807) is 54.5 Å². The van der Waals surface area contributed by atoms with E-state index in [0.717, 1.165) is 0 Å². The first-order valence-corrected chi connectivity index (χ1v) is 6.01. The molecule has 0 aliphatic carbocycles. The molecule has 0 amide bonds. The van der Waals surface area contributed by atoms with E-state index >= 15 is 0 Å². The molecule has 0 saturated heterocycles. The molecule has 1 aromatic heterocycles. The van der Waals surface area contributed by atoms with Crippen molar-refractivity contribution in [2.45, 2.75) is 19.6 Å². The summed E-state index contributed by atoms with van der Waals surface area (Å²) < 4.78 is 7.32. The maximum absolute atomic E-state index is 11.9. The number of ether oxygens (including phenoxy) is 1. The number of ketones is 1. The Hall–Kier alpha value is -1.81. The third-order valence-corrected chi connectivity index (χ3v) is 2.73. The van der Waals surface area contributed by atoms with Gasteiger partial charge in [0.25, 0.3) is 0 Å². The minimum atomic E-state index is -0.682. The zero-order chi connectivity index (χ0) is 13.0. The van der Waals surface area contributed by atoms with Gasteiger partial charge in [-0.1, -0.05) is 18.5 Å². The topological polar surface area (TPSA) is 44.1 Å². The molecule has 0 N–H and O–H groups in total. The average molecular weight is 265 g/mol. The maximum atomic E-state index is 11.9. The SMILES string of the molecule is CCC(=O)C(Oc1ccc(Cl)cc1)n1ccnc1. The predicted octanol–water partition coefficient (Wildman–Crippen LogP) is 3.09. The molecule has 1 unspecified atom stereocenters. The standard InChI is InChI=1S/C13H13ClN2O2/c1-2-12(17)13(16-8-7-15-9-16)18-11-5-3-10(14)4-6-11/h3-9,13H,2H2,1H3. The van der Waals surface area contributed by atoms with Gasteiger partial charge in [0.05, 0.1) is 6.33 Å². The Morgan fingerprint density at radius 1 is 1.44 bits per heavy atom. The van der Waals surface area contributed by atoms with Crippen LogP contribution in [0.4, 0.5) is 0 Å². The molecule has 4 nitrogen and oxygen atoms in total. The first-order valence-electron chi connectivity index (χ1n) is 5.63. The van der Waals surface area contributed by atoms with Crippen LogP contribution in [0.25, 0.3) is 0 Å². The van der Waals surface area contributed by atoms with E-state index in [-0.39, 0.29) is 5.78 Å². The summed E-state index contributed by atoms with van der Waals surface area (Å²) in [5.41, 5.74) is 0. The van der Waals surface area contributed by atoms with Gasteiger partial charge in [-0.25, -0.2) is 4.98 Å². The highest BCUT2D eigenvalue weighted by Gasteiger charge is 2.19. The Balaban J connectivity index is 2.20. The van der Waals surface area contributed by atoms with Crippen molar-refractivity contribution < 1.29 is 9.53 Å². The maximum Gasteiger partial charge on any atom is 0.236 e. The lowest BCUT2D eigenvalue weighted by Crippen LogP contribution is -2.23. The highest BCUT2D eigenvalue weighted by Crippen LogP contribution is 2.21. The highest BCUT2D eigenvalue weighted by atomic mass is 35.5. The molecule has 2 aromatic rings. The number of carbonyl (C=O) groups is 1. The van der Waals surface area contributed by atoms with E-state index in [0.29, 0.717) is 17.2 Å². The number of hydrogen-bond donors (Lipinski definition) is 0. The monoisotopic (exact) mass is 264 g/mol. The molecule has 5 heteroatoms. The summed E-state index contributed by atoms with van der Waals surface area (Å²) >= 11 is 5.80. The molecule has 0 saturated carbocycles. The second kappa shape index (κ2) is 5.69. The smallest absolute Gasteiger partial charge is 0.236 e. The largest absolute Gasteiger partial charge is 0.463 e. The van der Waals surface area contributed by atoms with Crippen LogP contribution < -0.4 is 4.74 Å². The summed E-state index contributed by atoms with van der Waals surface area (Å²) in [5, 5.41) is 0.628. The molecule has 1 atom stereocenters. The molecule has 1 aromatic carbocycles. The van der Waals surface area contributed by atoms with Crippen LogP contribution in [0.1, 0.15) is 19.6 Å². The minimum Gasteiger partial charge on any atom is -0.463 e. The van der Waals surface area contributed by atoms with Gasteiger partial charge in [0, 0.05) is 23.8 Å². The lowest BCUT2D eigenvalue weighted by Gasteiger charge is -2.18. The molecule has 1 heterocycles. The Bertz CT molecular complexity index is 508. The molecule has 0 spiro atoms. The van der Waals surface area contributed by atoms with Gasteiger partial charge in [0.15, 0.2) is 5.78 Å². The fourth-order valence-corrected chi connectivity index (χ4v) is 1.64. The molecule has 0 fully saturated rings. The normalized spacial score (nSPS) is 12.1. The van der Waals surface area contributed by atoms with Crippen molar-refractivity contribution in [1.29, 1.82) is 0 Å². The first kappa shape index (κ1) is 12.6. The van der Waals surface area contributed by atoms with E-state index in [2.05, 4.69) is 4.98 Å². The summed E-state index contributed by atoms with van der Waals surface area (Å²) in [7, 11) is 0. The van der Waals surface area contributed by atoms with Crippen LogP contribution in [0.3, 0.4) is 0 Å². The van der Waals surface area contributed by atoms with Crippen molar-refractivity contribution in [3.63, 3.8) is 0 Å². The van der Waals surface area contributed by atoms with Crippen LogP contribution in [0, 0.1) is 0 Å². The van der Waals surface area contributed by atoms with Gasteiger partial charge in [-0.2, -0.15) is 0 Å². The number of nitrogens with zero attached hydrogens (tertiary/aromatic N) is 2. The molecule has 94 valence electrons. The second-order valence-corrected chi connectivity index (χ2v) is 4.19. The van der Waals surface area contributed by atoms with E-state index in [1.165, 1.54) is 0 Å². The van der Waals surface area contributed by atoms with Crippen molar-refractivity contribution in [1.82, 2.24) is 9.55 Å². The van der Waals surface area contributed by atoms with Crippen LogP contribution in [-0.4, -0.2) is 15.3 Å². The lowest BCUT2D eigenvalue weighted by atomic mass is 10.2. The number of aromatic nitrogens is 2. The zero-order valence-electron chi connectivity index (χ0n) is 9.91. The summed E-state index contributed by atoms with van der Waals surface area (Å²) in [5.74, 6) is 0.586. The molecular weight excluding hydrogens is 252 g/mol. The molecule has 18 heavy (non-hydrogen) atoms. The number of halogens is 1. The minimum absolute atomic E-state index is 0.0112. The average Bonchev–Trinajstić information content (AvgIpc) is 2.91. The van der Waals surface area contributed by atoms with Crippen LogP contribution in [0.15, 0.2) is 43.0 Å². The Morgan fingerprint density at radius 2 is 2.17 bits per heavy atom. The van der Waals surface area contributed by atoms with Crippen LogP contribution in [0.2, 0.25) is 5.02 Å². The van der Waals surface area contributed by atoms with Crippen molar-refractivity contribution >= 4 is 17.4 Å². The summed E-state index contributed by atoms with van der Waals surface area (Å²) in [4.78, 5) is 15.8. The van der Waals surface area contributed by atoms with Gasteiger partial charge in [0.1, 0.15) is 5.75 Å². The second-order valence-electron chi connectivity index (χ2n) is 3.75. The van der Waals surface area contributed by atoms with Gasteiger partial charge >= 0.3 is 0 Å². The van der Waals surface area contributed by atoms with Gasteiger partial charge in [-0.05, 0) is 24.3 Å². The number of carbonyl (C=O) groups excluding carboxylic acids is 1. The molecule has 0 aliphatic rings. The number of hydrogen-bond acceptors (Lipinski definition) is 3. The quantitative estimate of drug-likeness (QED) is 0.834. The molecule has 0 radical (unpaired) electrons. The number of Topliss-reactive ketones (excluding diaryl/α,β-unsaturated/α-hetero) is 1. The van der Waals surface area contributed by atoms with Crippen LogP contribution in [0.5, 0.6) is 5.75 Å². The fourth-order valence-electron chi connectivity index (χ4n) is 1.52. The van der Waals surface area contributed by atoms with Crippen molar-refractivity contribution in [3.8, 4) is 5.75 Å². The van der Waals surface area contributed by atoms with Gasteiger partial charge in [0.2, 0.25) is 6.23 Å². The molecular formula is C13H13ClN2O2. The Morgan fingerprint density at radius 3 is 2.72 bits per heavy atom. The first-order chi connectivity index (χ1) is 8.70. The van der Waals surface area contributed by atoms with Gasteiger partial charge in [-0.15, -0.1) is 0 Å². The van der Waals surface area contributed by atoms with E-state index in [9.17, 15) is 4.79 Å². The van der Waals surface area contributed by atoms with Crippen molar-refractivity contribution in [3.05, 3.63) is 48.0 Å². The zero-order valence-corrected chi connectivity index (χ0v) is 10.7. The van der Waals surface area contributed by atoms with Gasteiger partial charge in [-0.3, -0.25) is 9.36 Å². The summed E-state index contributed by atoms with van der Waals surface area (Å²) in [6, 6.07) is 6.90. The van der Waals surface area contributed by atoms with Gasteiger partial charge < -0.3 is 4.74 Å². The highest BCUT2D eigenvalue weighted by molar-refractivity contribution is 6.30. The van der Waals surface area contributed by atoms with E-state index in [1.807, 2.05) is 0 Å². The molecule has 2 rings (SSSR count). The molecule has 0 aliphatic heterocycles. The Labute approximate surface area is 110 Å².